The van der Waals surface area contributed by atoms with Crippen LogP contribution in [0.1, 0.15) is 62.9 Å². The van der Waals surface area contributed by atoms with E-state index in [1.54, 1.807) is 25.3 Å². The third kappa shape index (κ3) is 4.82. The molecule has 2 aromatic carbocycles. The highest BCUT2D eigenvalue weighted by Gasteiger charge is 2.33. The predicted molar refractivity (Wildman–Crippen MR) is 128 cm³/mol. The lowest BCUT2D eigenvalue weighted by atomic mass is 9.68. The minimum atomic E-state index is -0.407. The Morgan fingerprint density at radius 3 is 2.45 bits per heavy atom. The quantitative estimate of drug-likeness (QED) is 0.279. The second kappa shape index (κ2) is 9.38. The van der Waals surface area contributed by atoms with Crippen molar-refractivity contribution in [3.63, 3.8) is 0 Å². The van der Waals surface area contributed by atoms with Gasteiger partial charge in [0.25, 0.3) is 0 Å². The van der Waals surface area contributed by atoms with Crippen molar-refractivity contribution in [1.82, 2.24) is 0 Å². The van der Waals surface area contributed by atoms with Crippen LogP contribution in [0, 0.1) is 5.41 Å². The summed E-state index contributed by atoms with van der Waals surface area (Å²) in [6.07, 6.45) is 5.33. The van der Waals surface area contributed by atoms with Crippen molar-refractivity contribution in [1.29, 1.82) is 0 Å². The summed E-state index contributed by atoms with van der Waals surface area (Å²) in [4.78, 5) is 12.7. The first-order valence-electron chi connectivity index (χ1n) is 10.8. The molecule has 31 heavy (non-hydrogen) atoms. The first-order valence-corrected chi connectivity index (χ1v) is 10.8. The lowest BCUT2D eigenvalue weighted by Gasteiger charge is -2.37. The average molecular weight is 417 g/mol. The van der Waals surface area contributed by atoms with E-state index in [0.717, 1.165) is 29.6 Å². The molecule has 162 valence electrons. The van der Waals surface area contributed by atoms with Gasteiger partial charge in [-0.3, -0.25) is 0 Å². The number of rotatable bonds is 6. The fourth-order valence-corrected chi connectivity index (χ4v) is 4.50. The number of benzene rings is 2. The minimum Gasteiger partial charge on any atom is -0.496 e. The molecule has 0 saturated carbocycles. The number of methoxy groups -OCH3 is 1. The molecule has 1 aliphatic rings. The summed E-state index contributed by atoms with van der Waals surface area (Å²) >= 11 is 0. The summed E-state index contributed by atoms with van der Waals surface area (Å²) in [5.41, 5.74) is 6.49. The van der Waals surface area contributed by atoms with Gasteiger partial charge in [-0.1, -0.05) is 50.3 Å². The topological polar surface area (TPSA) is 35.5 Å². The Balaban J connectivity index is 2.08. The van der Waals surface area contributed by atoms with Crippen LogP contribution in [0.2, 0.25) is 0 Å². The second-order valence-corrected chi connectivity index (χ2v) is 8.77. The average Bonchev–Trinajstić information content (AvgIpc) is 2.76. The first-order chi connectivity index (χ1) is 14.8. The fourth-order valence-electron chi connectivity index (χ4n) is 4.50. The summed E-state index contributed by atoms with van der Waals surface area (Å²) in [5.74, 6) is 0.763. The van der Waals surface area contributed by atoms with Crippen LogP contribution in [-0.2, 0) is 0 Å². The van der Waals surface area contributed by atoms with Crippen molar-refractivity contribution in [2.45, 2.75) is 47.0 Å². The molecule has 0 aliphatic heterocycles. The normalized spacial score (nSPS) is 16.4. The predicted octanol–water partition coefficient (Wildman–Crippen LogP) is 7.40. The van der Waals surface area contributed by atoms with E-state index in [-0.39, 0.29) is 5.41 Å². The first kappa shape index (κ1) is 22.6. The van der Waals surface area contributed by atoms with Gasteiger partial charge in [-0.25, -0.2) is 4.79 Å². The molecule has 3 heteroatoms. The van der Waals surface area contributed by atoms with E-state index < -0.39 is 5.97 Å². The minimum absolute atomic E-state index is 0.0534. The Morgan fingerprint density at radius 1 is 1.13 bits per heavy atom. The van der Waals surface area contributed by atoms with E-state index in [2.05, 4.69) is 34.3 Å². The van der Waals surface area contributed by atoms with Crippen LogP contribution in [0.5, 0.6) is 11.5 Å². The molecule has 2 aromatic rings. The van der Waals surface area contributed by atoms with Crippen molar-refractivity contribution < 1.29 is 14.3 Å². The van der Waals surface area contributed by atoms with Gasteiger partial charge in [-0.05, 0) is 85.6 Å². The molecular weight excluding hydrogens is 384 g/mol. The van der Waals surface area contributed by atoms with Gasteiger partial charge in [0.2, 0.25) is 0 Å². The van der Waals surface area contributed by atoms with Crippen LogP contribution in [0.25, 0.3) is 5.57 Å². The molecule has 0 heterocycles. The van der Waals surface area contributed by atoms with Crippen LogP contribution in [0.3, 0.4) is 0 Å². The SMILES string of the molecule is C=C/C(C)=C(\C1=C(C)CCCC1(C)C)c1ccc(C(=O)Oc2ccccc2)cc1OC. The lowest BCUT2D eigenvalue weighted by molar-refractivity contribution is 0.0734. The van der Waals surface area contributed by atoms with E-state index in [1.165, 1.54) is 17.6 Å². The van der Waals surface area contributed by atoms with Gasteiger partial charge in [0.05, 0.1) is 12.7 Å². The number of esters is 1. The van der Waals surface area contributed by atoms with Crippen LogP contribution in [-0.4, -0.2) is 13.1 Å². The second-order valence-electron chi connectivity index (χ2n) is 8.77. The molecule has 0 fully saturated rings. The zero-order valence-electron chi connectivity index (χ0n) is 19.2. The highest BCUT2D eigenvalue weighted by Crippen LogP contribution is 2.49. The number of ether oxygens (including phenoxy) is 2. The van der Waals surface area contributed by atoms with Crippen LogP contribution < -0.4 is 9.47 Å². The molecule has 1 aliphatic carbocycles. The Labute approximate surface area is 186 Å². The molecule has 3 nitrogen and oxygen atoms in total. The summed E-state index contributed by atoms with van der Waals surface area (Å²) in [6, 6.07) is 14.6. The zero-order valence-corrected chi connectivity index (χ0v) is 19.2. The van der Waals surface area contributed by atoms with E-state index in [4.69, 9.17) is 9.47 Å². The smallest absolute Gasteiger partial charge is 0.343 e. The molecule has 0 atom stereocenters. The molecule has 0 spiro atoms. The van der Waals surface area contributed by atoms with Crippen LogP contribution >= 0.6 is 0 Å². The number of para-hydroxylation sites is 1. The molecule has 0 unspecified atom stereocenters. The van der Waals surface area contributed by atoms with Gasteiger partial charge in [0.1, 0.15) is 11.5 Å². The zero-order chi connectivity index (χ0) is 22.6. The molecule has 0 aromatic heterocycles. The molecule has 0 N–H and O–H groups in total. The molecule has 3 rings (SSSR count). The largest absolute Gasteiger partial charge is 0.496 e. The number of hydrogen-bond donors (Lipinski definition) is 0. The van der Waals surface area contributed by atoms with Crippen LogP contribution in [0.4, 0.5) is 0 Å². The molecule has 0 amide bonds. The van der Waals surface area contributed by atoms with E-state index >= 15 is 0 Å². The number of carbonyl (C=O) groups is 1. The van der Waals surface area contributed by atoms with Crippen molar-refractivity contribution >= 4 is 11.5 Å². The van der Waals surface area contributed by atoms with Gasteiger partial charge in [-0.15, -0.1) is 0 Å². The monoisotopic (exact) mass is 416 g/mol. The number of carbonyl (C=O) groups excluding carboxylic acids is 1. The van der Waals surface area contributed by atoms with Gasteiger partial charge < -0.3 is 9.47 Å². The van der Waals surface area contributed by atoms with Crippen molar-refractivity contribution in [3.05, 3.63) is 89.0 Å². The number of allylic oxidation sites excluding steroid dienone is 5. The number of hydrogen-bond acceptors (Lipinski definition) is 3. The van der Waals surface area contributed by atoms with Crippen LogP contribution in [0.15, 0.2) is 77.9 Å². The third-order valence-corrected chi connectivity index (χ3v) is 6.07. The summed E-state index contributed by atoms with van der Waals surface area (Å²) in [5, 5.41) is 0. The maximum absolute atomic E-state index is 12.7. The van der Waals surface area contributed by atoms with Gasteiger partial charge in [-0.2, -0.15) is 0 Å². The van der Waals surface area contributed by atoms with Gasteiger partial charge in [0.15, 0.2) is 0 Å². The Bertz CT molecular complexity index is 1040. The maximum Gasteiger partial charge on any atom is 0.343 e. The molecular formula is C28H32O3. The van der Waals surface area contributed by atoms with Gasteiger partial charge in [0, 0.05) is 5.56 Å². The summed E-state index contributed by atoms with van der Waals surface area (Å²) < 4.78 is 11.3. The van der Waals surface area contributed by atoms with E-state index in [1.807, 2.05) is 36.4 Å². The Morgan fingerprint density at radius 2 is 1.84 bits per heavy atom. The standard InChI is InChI=1S/C28H32O3/c1-7-19(2)25(26-20(3)12-11-17-28(26,4)5)23-16-15-21(18-24(23)30-6)27(29)31-22-13-9-8-10-14-22/h7-10,13-16,18H,1,11-12,17H2,2-6H3/b25-19-. The maximum atomic E-state index is 12.7. The summed E-state index contributed by atoms with van der Waals surface area (Å²) in [7, 11) is 1.64. The van der Waals surface area contributed by atoms with E-state index in [0.29, 0.717) is 17.1 Å². The molecule has 0 saturated heterocycles. The van der Waals surface area contributed by atoms with Gasteiger partial charge >= 0.3 is 5.97 Å². The van der Waals surface area contributed by atoms with Crippen molar-refractivity contribution in [2.24, 2.45) is 5.41 Å². The van der Waals surface area contributed by atoms with Crippen molar-refractivity contribution in [3.8, 4) is 11.5 Å². The Kier molecular flexibility index (Phi) is 6.84. The van der Waals surface area contributed by atoms with E-state index in [9.17, 15) is 4.79 Å². The summed E-state index contributed by atoms with van der Waals surface area (Å²) in [6.45, 7) is 13.0. The molecule has 0 bridgehead atoms. The molecule has 0 radical (unpaired) electrons. The fraction of sp³-hybridized carbons (Fsp3) is 0.321. The lowest BCUT2D eigenvalue weighted by Crippen LogP contribution is -2.22. The highest BCUT2D eigenvalue weighted by molar-refractivity contribution is 5.94. The third-order valence-electron chi connectivity index (χ3n) is 6.07. The highest BCUT2D eigenvalue weighted by atomic mass is 16.5. The van der Waals surface area contributed by atoms with Crippen molar-refractivity contribution in [2.75, 3.05) is 7.11 Å². The Hall–Kier alpha value is -3.07.